The van der Waals surface area contributed by atoms with Crippen molar-refractivity contribution in [2.75, 3.05) is 0 Å². The lowest BCUT2D eigenvalue weighted by molar-refractivity contribution is -0.470. The van der Waals surface area contributed by atoms with Gasteiger partial charge >= 0.3 is 11.5 Å². The Hall–Kier alpha value is -0.870. The molecule has 1 N–H and O–H groups in total. The summed E-state index contributed by atoms with van der Waals surface area (Å²) in [5.41, 5.74) is -0.679. The topological polar surface area (TPSA) is 98.3 Å². The highest BCUT2D eigenvalue weighted by atomic mass is 32.2. The summed E-state index contributed by atoms with van der Waals surface area (Å²) in [6.07, 6.45) is 0. The second-order valence-corrected chi connectivity index (χ2v) is 4.08. The highest BCUT2D eigenvalue weighted by Gasteiger charge is 2.36. The van der Waals surface area contributed by atoms with Gasteiger partial charge in [-0.05, 0) is 4.92 Å². The van der Waals surface area contributed by atoms with Gasteiger partial charge in [0.1, 0.15) is 21.1 Å². The van der Waals surface area contributed by atoms with E-state index in [9.17, 15) is 20.2 Å². The van der Waals surface area contributed by atoms with Crippen molar-refractivity contribution >= 4 is 37.2 Å². The van der Waals surface area contributed by atoms with Crippen LogP contribution in [0, 0.1) is 20.2 Å². The van der Waals surface area contributed by atoms with Crippen molar-refractivity contribution < 1.29 is 9.85 Å². The molecule has 1 aliphatic heterocycles. The van der Waals surface area contributed by atoms with E-state index in [2.05, 4.69) is 30.0 Å². The number of thiol groups is 2. The van der Waals surface area contributed by atoms with Crippen molar-refractivity contribution in [2.24, 2.45) is 0 Å². The number of nitro groups is 2. The molecule has 14 heavy (non-hydrogen) atoms. The lowest BCUT2D eigenvalue weighted by Crippen LogP contribution is -2.22. The molecule has 0 aromatic carbocycles. The number of nitrogens with one attached hydrogen (secondary N) is 1. The first-order valence-electron chi connectivity index (χ1n) is 3.03. The molecule has 0 aromatic rings. The molecule has 1 aliphatic rings. The predicted octanol–water partition coefficient (Wildman–Crippen LogP) is 0.989. The Bertz CT molecular complexity index is 376. The Morgan fingerprint density at radius 1 is 1.21 bits per heavy atom. The first-order valence-corrected chi connectivity index (χ1v) is 4.74. The number of rotatable bonds is 2. The fraction of sp³-hybridized carbons (Fsp3) is 0. The molecular formula is C4H3N3O4S3. The molecule has 0 unspecified atom stereocenters. The molecule has 76 valence electrons. The third kappa shape index (κ3) is 1.96. The van der Waals surface area contributed by atoms with E-state index in [0.29, 0.717) is 0 Å². The summed E-state index contributed by atoms with van der Waals surface area (Å²) in [4.78, 5) is 19.0. The molecule has 0 saturated heterocycles. The Balaban J connectivity index is 3.32. The molecule has 10 heteroatoms. The van der Waals surface area contributed by atoms with Crippen LogP contribution in [-0.4, -0.2) is 9.85 Å². The lowest BCUT2D eigenvalue weighted by atomic mass is 10.4. The SMILES string of the molecule is O=[N+]([O-])C1=C([N+](=O)[O-])C(S)=C(S)SN1. The molecule has 0 aromatic heterocycles. The first kappa shape index (κ1) is 11.2. The van der Waals surface area contributed by atoms with Gasteiger partial charge in [-0.2, -0.15) is 4.72 Å². The second-order valence-electron chi connectivity index (χ2n) is 2.07. The fourth-order valence-electron chi connectivity index (χ4n) is 0.703. The quantitative estimate of drug-likeness (QED) is 0.294. The summed E-state index contributed by atoms with van der Waals surface area (Å²) in [5.74, 6) is -0.692. The molecule has 0 amide bonds. The van der Waals surface area contributed by atoms with Gasteiger partial charge in [-0.25, -0.2) is 0 Å². The predicted molar refractivity (Wildman–Crippen MR) is 56.7 cm³/mol. The Morgan fingerprint density at radius 2 is 1.79 bits per heavy atom. The van der Waals surface area contributed by atoms with Gasteiger partial charge in [0, 0.05) is 0 Å². The van der Waals surface area contributed by atoms with Crippen LogP contribution in [0.5, 0.6) is 0 Å². The summed E-state index contributed by atoms with van der Waals surface area (Å²) in [7, 11) is 0. The smallest absolute Gasteiger partial charge is 0.358 e. The summed E-state index contributed by atoms with van der Waals surface area (Å²) >= 11 is 8.44. The maximum atomic E-state index is 10.5. The zero-order valence-electron chi connectivity index (χ0n) is 6.33. The van der Waals surface area contributed by atoms with Crippen LogP contribution in [0.25, 0.3) is 0 Å². The van der Waals surface area contributed by atoms with Crippen LogP contribution in [0.15, 0.2) is 20.7 Å². The maximum Gasteiger partial charge on any atom is 0.407 e. The van der Waals surface area contributed by atoms with Crippen molar-refractivity contribution in [3.63, 3.8) is 0 Å². The third-order valence-electron chi connectivity index (χ3n) is 1.26. The van der Waals surface area contributed by atoms with Crippen LogP contribution >= 0.6 is 37.2 Å². The van der Waals surface area contributed by atoms with Crippen molar-refractivity contribution in [2.45, 2.75) is 0 Å². The van der Waals surface area contributed by atoms with Crippen LogP contribution < -0.4 is 4.72 Å². The number of hydrogen-bond acceptors (Lipinski definition) is 8. The van der Waals surface area contributed by atoms with E-state index in [0.717, 1.165) is 11.9 Å². The van der Waals surface area contributed by atoms with Gasteiger partial charge in [0.2, 0.25) is 0 Å². The minimum absolute atomic E-state index is 0.117. The molecule has 0 aliphatic carbocycles. The summed E-state index contributed by atoms with van der Waals surface area (Å²) < 4.78 is 2.42. The Labute approximate surface area is 92.9 Å². The Morgan fingerprint density at radius 3 is 2.21 bits per heavy atom. The van der Waals surface area contributed by atoms with Gasteiger partial charge in [-0.15, -0.1) is 25.3 Å². The van der Waals surface area contributed by atoms with Crippen LogP contribution in [-0.2, 0) is 0 Å². The van der Waals surface area contributed by atoms with Gasteiger partial charge in [-0.1, -0.05) is 0 Å². The van der Waals surface area contributed by atoms with Crippen LogP contribution in [0.2, 0.25) is 0 Å². The van der Waals surface area contributed by atoms with E-state index in [1.807, 2.05) is 0 Å². The van der Waals surface area contributed by atoms with Gasteiger partial charge in [0.15, 0.2) is 0 Å². The van der Waals surface area contributed by atoms with E-state index in [1.165, 1.54) is 0 Å². The van der Waals surface area contributed by atoms with E-state index in [1.54, 1.807) is 0 Å². The monoisotopic (exact) mass is 253 g/mol. The van der Waals surface area contributed by atoms with E-state index in [4.69, 9.17) is 0 Å². The summed E-state index contributed by atoms with van der Waals surface area (Å²) in [6, 6.07) is 0. The minimum atomic E-state index is -0.873. The van der Waals surface area contributed by atoms with E-state index in [-0.39, 0.29) is 9.14 Å². The van der Waals surface area contributed by atoms with E-state index < -0.39 is 21.4 Å². The molecule has 0 bridgehead atoms. The summed E-state index contributed by atoms with van der Waals surface area (Å²) in [5, 5.41) is 20.9. The Kier molecular flexibility index (Phi) is 3.29. The van der Waals surface area contributed by atoms with Crippen molar-refractivity contribution in [1.82, 2.24) is 4.72 Å². The van der Waals surface area contributed by atoms with Gasteiger partial charge in [-0.3, -0.25) is 10.1 Å². The normalized spacial score (nSPS) is 16.7. The zero-order chi connectivity index (χ0) is 10.9. The fourth-order valence-corrected chi connectivity index (χ4v) is 1.83. The molecule has 1 heterocycles. The average Bonchev–Trinajstić information content (AvgIpc) is 2.08. The van der Waals surface area contributed by atoms with Gasteiger partial charge < -0.3 is 10.1 Å². The zero-order valence-corrected chi connectivity index (χ0v) is 8.94. The maximum absolute atomic E-state index is 10.5. The van der Waals surface area contributed by atoms with Crippen LogP contribution in [0.4, 0.5) is 0 Å². The first-order chi connectivity index (χ1) is 6.45. The molecule has 0 spiro atoms. The molecule has 0 radical (unpaired) electrons. The second kappa shape index (κ2) is 4.11. The summed E-state index contributed by atoms with van der Waals surface area (Å²) in [6.45, 7) is 0. The lowest BCUT2D eigenvalue weighted by Gasteiger charge is -2.09. The molecule has 0 saturated carbocycles. The van der Waals surface area contributed by atoms with Crippen LogP contribution in [0.1, 0.15) is 0 Å². The number of nitrogens with zero attached hydrogens (tertiary/aromatic N) is 2. The molecule has 0 atom stereocenters. The van der Waals surface area contributed by atoms with Gasteiger partial charge in [0.25, 0.3) is 0 Å². The molecular weight excluding hydrogens is 250 g/mol. The average molecular weight is 253 g/mol. The molecule has 7 nitrogen and oxygen atoms in total. The van der Waals surface area contributed by atoms with Crippen molar-refractivity contribution in [3.8, 4) is 0 Å². The third-order valence-corrected chi connectivity index (χ3v) is 3.21. The van der Waals surface area contributed by atoms with E-state index >= 15 is 0 Å². The highest BCUT2D eigenvalue weighted by molar-refractivity contribution is 8.15. The largest absolute Gasteiger partial charge is 0.407 e. The standard InChI is InChI=1S/C4H3N3O4S3/c8-6(9)1-2(12)4(13)14-5-3(1)7(10)11/h5,12-13H. The van der Waals surface area contributed by atoms with Crippen LogP contribution in [0.3, 0.4) is 0 Å². The molecule has 1 rings (SSSR count). The van der Waals surface area contributed by atoms with Gasteiger partial charge in [0.05, 0.1) is 4.92 Å². The minimum Gasteiger partial charge on any atom is -0.358 e. The number of hydrogen-bond donors (Lipinski definition) is 3. The highest BCUT2D eigenvalue weighted by Crippen LogP contribution is 2.35. The molecule has 0 fully saturated rings. The van der Waals surface area contributed by atoms with Crippen molar-refractivity contribution in [1.29, 1.82) is 0 Å². The van der Waals surface area contributed by atoms with Crippen molar-refractivity contribution in [3.05, 3.63) is 40.9 Å².